The second-order valence-corrected chi connectivity index (χ2v) is 30.5. The molecule has 0 atom stereocenters. The Morgan fingerprint density at radius 2 is 0.854 bits per heavy atom. The van der Waals surface area contributed by atoms with Gasteiger partial charge in [-0.2, -0.15) is 24.1 Å². The molecule has 6 aliphatic carbocycles. The summed E-state index contributed by atoms with van der Waals surface area (Å²) in [5, 5.41) is 20.6. The van der Waals surface area contributed by atoms with Crippen molar-refractivity contribution in [2.45, 2.75) is 189 Å². The first-order valence-corrected chi connectivity index (χ1v) is 35.3. The number of fused-ring (bicyclic) bond motifs is 9. The number of ether oxygens (including phenoxy) is 1. The van der Waals surface area contributed by atoms with Crippen LogP contribution in [0.3, 0.4) is 0 Å². The van der Waals surface area contributed by atoms with Crippen molar-refractivity contribution in [2.75, 3.05) is 41.0 Å². The standard InChI is InChI=1S/C21H26N4O4S.C20H22F2N4O3S.C20H25N5O3S/c1-21(2)11-25-19(29-12-21)17(10-22-25)30(27,28)24-20(26)23-18-15-7-3-5-13(15)9-14-6-4-8-16(14)18;21-20(22)8-3-9-26-18(20)16(11-23-26)30(28,29)25-19(27)24-17-14-6-1-4-12(14)10-13-5-2-7-15(13)17;1-24-9-4-10-25-19(24)17(12-21-25)29(27,28)23-20(26)22-18-15-7-2-5-13(15)11-14-6-3-8-16(14)18/h9-10H,3-8,11-12H2,1-2H3,(H2,23,24,26);10-11H,1-9H2,(H2,24,25,27);11-12H,2-10H2,1H3,(H2,22,23,26). The highest BCUT2D eigenvalue weighted by atomic mass is 32.2. The first-order valence-electron chi connectivity index (χ1n) is 30.8. The zero-order valence-electron chi connectivity index (χ0n) is 50.0. The van der Waals surface area contributed by atoms with Crippen LogP contribution in [0.4, 0.5) is 46.0 Å². The number of nitrogens with zero attached hydrogens (tertiary/aromatic N) is 7. The normalized spacial score (nSPS) is 18.6. The predicted molar refractivity (Wildman–Crippen MR) is 326 cm³/mol. The number of benzene rings is 3. The van der Waals surface area contributed by atoms with Crippen molar-refractivity contribution in [3.05, 3.63) is 109 Å². The van der Waals surface area contributed by atoms with E-state index in [1.807, 2.05) is 30.5 Å². The van der Waals surface area contributed by atoms with Gasteiger partial charge in [-0.3, -0.25) is 4.68 Å². The molecule has 28 heteroatoms. The molecule has 6 heterocycles. The fraction of sp³-hybridized carbons (Fsp3) is 0.508. The molecule has 6 N–H and O–H groups in total. The van der Waals surface area contributed by atoms with Crippen molar-refractivity contribution in [3.8, 4) is 5.88 Å². The Hall–Kier alpha value is -7.59. The summed E-state index contributed by atoms with van der Waals surface area (Å²) in [6, 6.07) is 4.34. The van der Waals surface area contributed by atoms with Gasteiger partial charge in [0.15, 0.2) is 4.90 Å². The number of carbonyl (C=O) groups excluding carboxylic acids is 3. The van der Waals surface area contributed by atoms with Gasteiger partial charge in [0, 0.05) is 55.6 Å². The quantitative estimate of drug-likeness (QED) is 0.0795. The summed E-state index contributed by atoms with van der Waals surface area (Å²) in [6.07, 6.45) is 21.6. The molecule has 0 bridgehead atoms. The number of sulfonamides is 3. The molecule has 3 aromatic carbocycles. The number of aryl methyl sites for hydroxylation is 8. The predicted octanol–water partition coefficient (Wildman–Crippen LogP) is 8.26. The second kappa shape index (κ2) is 23.0. The summed E-state index contributed by atoms with van der Waals surface area (Å²) in [4.78, 5) is 39.2. The molecule has 0 saturated carbocycles. The molecule has 3 aromatic heterocycles. The molecule has 0 fully saturated rings. The van der Waals surface area contributed by atoms with Crippen LogP contribution in [0.15, 0.2) is 51.5 Å². The molecule has 0 radical (unpaired) electrons. The highest BCUT2D eigenvalue weighted by Gasteiger charge is 2.44. The molecule has 474 valence electrons. The summed E-state index contributed by atoms with van der Waals surface area (Å²) in [5.41, 5.74) is 15.8. The van der Waals surface area contributed by atoms with Crippen LogP contribution in [0.2, 0.25) is 0 Å². The largest absolute Gasteiger partial charge is 0.476 e. The number of anilines is 4. The minimum absolute atomic E-state index is 0.0402. The van der Waals surface area contributed by atoms with Crippen LogP contribution in [0.25, 0.3) is 0 Å². The molecule has 23 nitrogen and oxygen atoms in total. The average Bonchev–Trinajstić information content (AvgIpc) is 2.08. The van der Waals surface area contributed by atoms with E-state index in [-0.39, 0.29) is 34.1 Å². The Morgan fingerprint density at radius 3 is 1.30 bits per heavy atom. The lowest BCUT2D eigenvalue weighted by molar-refractivity contribution is -0.0393. The second-order valence-electron chi connectivity index (χ2n) is 25.5. The Balaban J connectivity index is 0.000000123. The van der Waals surface area contributed by atoms with Gasteiger partial charge in [0.25, 0.3) is 36.0 Å². The molecule has 3 aliphatic heterocycles. The lowest BCUT2D eigenvalue weighted by Gasteiger charge is -2.30. The Morgan fingerprint density at radius 1 is 0.483 bits per heavy atom. The van der Waals surface area contributed by atoms with Gasteiger partial charge in [-0.15, -0.1) is 0 Å². The van der Waals surface area contributed by atoms with Crippen molar-refractivity contribution in [2.24, 2.45) is 5.41 Å². The molecule has 0 spiro atoms. The molecule has 9 aliphatic rings. The molecule has 0 saturated heterocycles. The van der Waals surface area contributed by atoms with Gasteiger partial charge < -0.3 is 25.6 Å². The molecule has 89 heavy (non-hydrogen) atoms. The molecular formula is C61H73F2N13O10S3. The van der Waals surface area contributed by atoms with E-state index in [0.717, 1.165) is 173 Å². The number of hydrogen-bond acceptors (Lipinski definition) is 14. The third-order valence-electron chi connectivity index (χ3n) is 18.6. The third kappa shape index (κ3) is 11.6. The SMILES string of the molecule is CC1(C)COc2c(S(=O)(=O)NC(=O)Nc3c4c(cc5c3CCC5)CCC4)cnn2C1.CN1CCCn2ncc(S(=O)(=O)NC(=O)Nc3c4c(cc5c3CCC5)CCC4)c21.O=C(Nc1c2c(cc3c1CCC3)CCC2)NS(=O)(=O)c1cnn2c1C(F)(F)CCC2. The summed E-state index contributed by atoms with van der Waals surface area (Å²) < 4.78 is 122. The van der Waals surface area contributed by atoms with E-state index in [1.165, 1.54) is 61.6 Å². The van der Waals surface area contributed by atoms with E-state index in [4.69, 9.17) is 4.74 Å². The summed E-state index contributed by atoms with van der Waals surface area (Å²) >= 11 is 0. The van der Waals surface area contributed by atoms with E-state index >= 15 is 0 Å². The van der Waals surface area contributed by atoms with E-state index < -0.39 is 71.1 Å². The smallest absolute Gasteiger partial charge is 0.333 e. The van der Waals surface area contributed by atoms with Crippen LogP contribution in [-0.4, -0.2) is 92.9 Å². The summed E-state index contributed by atoms with van der Waals surface area (Å²) in [6.45, 7) is 6.62. The maximum atomic E-state index is 14.4. The van der Waals surface area contributed by atoms with Crippen LogP contribution in [0.5, 0.6) is 5.88 Å². The Bertz CT molecular complexity index is 4170. The Kier molecular flexibility index (Phi) is 15.6. The number of aromatic nitrogens is 6. The molecule has 15 rings (SSSR count). The number of amides is 6. The molecule has 6 amide bonds. The number of alkyl halides is 2. The number of urea groups is 3. The maximum Gasteiger partial charge on any atom is 0.333 e. The van der Waals surface area contributed by atoms with Gasteiger partial charge in [0.05, 0.1) is 31.7 Å². The monoisotopic (exact) mass is 1280 g/mol. The minimum Gasteiger partial charge on any atom is -0.476 e. The van der Waals surface area contributed by atoms with E-state index in [9.17, 15) is 48.4 Å². The summed E-state index contributed by atoms with van der Waals surface area (Å²) in [5.74, 6) is -2.61. The number of hydrogen-bond donors (Lipinski definition) is 6. The van der Waals surface area contributed by atoms with Gasteiger partial charge in [-0.1, -0.05) is 32.0 Å². The topological polar surface area (TPSA) is 292 Å². The average molecular weight is 1280 g/mol. The fourth-order valence-electron chi connectivity index (χ4n) is 14.7. The zero-order valence-corrected chi connectivity index (χ0v) is 52.5. The molecule has 0 unspecified atom stereocenters. The van der Waals surface area contributed by atoms with Gasteiger partial charge >= 0.3 is 18.1 Å². The van der Waals surface area contributed by atoms with E-state index in [0.29, 0.717) is 31.2 Å². The van der Waals surface area contributed by atoms with Crippen LogP contribution < -0.4 is 39.8 Å². The highest BCUT2D eigenvalue weighted by molar-refractivity contribution is 7.90. The highest BCUT2D eigenvalue weighted by Crippen LogP contribution is 2.44. The first-order chi connectivity index (χ1) is 42.4. The molecular weight excluding hydrogens is 1210 g/mol. The number of carbonyl (C=O) groups is 3. The third-order valence-corrected chi connectivity index (χ3v) is 22.6. The van der Waals surface area contributed by atoms with Crippen LogP contribution in [0, 0.1) is 5.41 Å². The lowest BCUT2D eigenvalue weighted by atomic mass is 9.94. The van der Waals surface area contributed by atoms with E-state index in [2.05, 4.69) is 58.9 Å². The number of nitrogens with one attached hydrogen (secondary N) is 6. The first kappa shape index (κ1) is 60.3. The number of rotatable bonds is 9. The van der Waals surface area contributed by atoms with Crippen molar-refractivity contribution in [1.29, 1.82) is 0 Å². The van der Waals surface area contributed by atoms with Crippen molar-refractivity contribution in [1.82, 2.24) is 43.5 Å². The minimum atomic E-state index is -4.50. The van der Waals surface area contributed by atoms with Crippen LogP contribution >= 0.6 is 0 Å². The van der Waals surface area contributed by atoms with Gasteiger partial charge in [-0.05, 0) is 195 Å². The van der Waals surface area contributed by atoms with Crippen molar-refractivity contribution in [3.63, 3.8) is 0 Å². The Labute approximate surface area is 515 Å². The van der Waals surface area contributed by atoms with Gasteiger partial charge in [0.2, 0.25) is 5.88 Å². The van der Waals surface area contributed by atoms with Crippen molar-refractivity contribution >= 4 is 71.0 Å². The van der Waals surface area contributed by atoms with Crippen molar-refractivity contribution < 1.29 is 53.2 Å². The maximum absolute atomic E-state index is 14.4. The van der Waals surface area contributed by atoms with Gasteiger partial charge in [0.1, 0.15) is 21.3 Å². The van der Waals surface area contributed by atoms with E-state index in [1.54, 1.807) is 4.68 Å². The van der Waals surface area contributed by atoms with Crippen LogP contribution in [0.1, 0.15) is 144 Å². The lowest BCUT2D eigenvalue weighted by Crippen LogP contribution is -2.36. The summed E-state index contributed by atoms with van der Waals surface area (Å²) in [7, 11) is -10.8. The molecule has 6 aromatic rings. The van der Waals surface area contributed by atoms with Gasteiger partial charge in [-0.25, -0.2) is 63.2 Å². The zero-order chi connectivity index (χ0) is 62.4. The van der Waals surface area contributed by atoms with Crippen LogP contribution in [-0.2, 0) is 133 Å². The number of halogens is 2. The fourth-order valence-corrected chi connectivity index (χ4v) is 17.9.